The largest absolute Gasteiger partial charge is 0.480 e. The van der Waals surface area contributed by atoms with E-state index in [0.717, 1.165) is 5.56 Å². The number of carbonyl (C=O) groups excluding carboxylic acids is 3. The zero-order valence-electron chi connectivity index (χ0n) is 19.9. The van der Waals surface area contributed by atoms with E-state index in [1.54, 1.807) is 0 Å². The third kappa shape index (κ3) is 7.53. The van der Waals surface area contributed by atoms with E-state index >= 15 is 0 Å². The van der Waals surface area contributed by atoms with Crippen molar-refractivity contribution in [1.82, 2.24) is 15.5 Å². The van der Waals surface area contributed by atoms with E-state index in [-0.39, 0.29) is 12.3 Å². The van der Waals surface area contributed by atoms with Crippen LogP contribution in [-0.4, -0.2) is 75.6 Å². The van der Waals surface area contributed by atoms with E-state index < -0.39 is 54.0 Å². The number of carboxylic acid groups (broad SMARTS) is 1. The Kier molecular flexibility index (Phi) is 10.0. The molecule has 34 heavy (non-hydrogen) atoms. The summed E-state index contributed by atoms with van der Waals surface area (Å²) in [7, 11) is 0. The molecule has 3 amide bonds. The molecule has 1 saturated heterocycles. The molecule has 0 spiro atoms. The van der Waals surface area contributed by atoms with Crippen LogP contribution in [0, 0.1) is 5.92 Å². The SMILES string of the molecule is CC(C)CC(N)C(=O)NC(Cc1ccccc1)C(=O)N1CCCC1C(=O)NC(C(=O)O)C(C)O. The highest BCUT2D eigenvalue weighted by molar-refractivity contribution is 5.94. The fourth-order valence-corrected chi connectivity index (χ4v) is 4.08. The van der Waals surface area contributed by atoms with Gasteiger partial charge in [0.1, 0.15) is 12.1 Å². The zero-order chi connectivity index (χ0) is 25.4. The first-order chi connectivity index (χ1) is 16.0. The van der Waals surface area contributed by atoms with Crippen molar-refractivity contribution in [3.8, 4) is 0 Å². The van der Waals surface area contributed by atoms with Gasteiger partial charge in [-0.3, -0.25) is 14.4 Å². The zero-order valence-corrected chi connectivity index (χ0v) is 19.9. The third-order valence-electron chi connectivity index (χ3n) is 5.84. The van der Waals surface area contributed by atoms with Crippen LogP contribution >= 0.6 is 0 Å². The van der Waals surface area contributed by atoms with Gasteiger partial charge < -0.3 is 31.5 Å². The Labute approximate surface area is 199 Å². The molecule has 1 fully saturated rings. The van der Waals surface area contributed by atoms with E-state index in [0.29, 0.717) is 25.8 Å². The minimum absolute atomic E-state index is 0.201. The molecule has 0 saturated carbocycles. The van der Waals surface area contributed by atoms with Crippen LogP contribution in [0.3, 0.4) is 0 Å². The second kappa shape index (κ2) is 12.5. The standard InChI is InChI=1S/C24H36N4O6/c1-14(2)12-17(25)21(30)26-18(13-16-8-5-4-6-9-16)23(32)28-11-7-10-19(28)22(31)27-20(15(3)29)24(33)34/h4-6,8-9,14-15,17-20,29H,7,10-13,25H2,1-3H3,(H,26,30)(H,27,31)(H,33,34). The molecule has 1 aromatic carbocycles. The Morgan fingerprint density at radius 2 is 1.76 bits per heavy atom. The van der Waals surface area contributed by atoms with E-state index in [4.69, 9.17) is 5.73 Å². The Morgan fingerprint density at radius 3 is 2.32 bits per heavy atom. The van der Waals surface area contributed by atoms with Crippen molar-refractivity contribution >= 4 is 23.7 Å². The molecular weight excluding hydrogens is 440 g/mol. The van der Waals surface area contributed by atoms with Gasteiger partial charge in [0, 0.05) is 13.0 Å². The van der Waals surface area contributed by atoms with Crippen LogP contribution in [0.2, 0.25) is 0 Å². The molecule has 10 heteroatoms. The highest BCUT2D eigenvalue weighted by Gasteiger charge is 2.39. The molecule has 0 aliphatic carbocycles. The summed E-state index contributed by atoms with van der Waals surface area (Å²) in [6, 6.07) is 5.10. The van der Waals surface area contributed by atoms with Crippen LogP contribution in [0.4, 0.5) is 0 Å². The first-order valence-electron chi connectivity index (χ1n) is 11.6. The van der Waals surface area contributed by atoms with Gasteiger partial charge in [0.25, 0.3) is 0 Å². The minimum Gasteiger partial charge on any atom is -0.480 e. The van der Waals surface area contributed by atoms with Crippen LogP contribution < -0.4 is 16.4 Å². The summed E-state index contributed by atoms with van der Waals surface area (Å²) in [5.41, 5.74) is 6.85. The third-order valence-corrected chi connectivity index (χ3v) is 5.84. The van der Waals surface area contributed by atoms with Gasteiger partial charge in [-0.2, -0.15) is 0 Å². The van der Waals surface area contributed by atoms with Crippen LogP contribution in [-0.2, 0) is 25.6 Å². The molecule has 1 heterocycles. The summed E-state index contributed by atoms with van der Waals surface area (Å²) in [5, 5.41) is 24.0. The predicted octanol–water partition coefficient (Wildman–Crippen LogP) is 0.0285. The first-order valence-corrected chi connectivity index (χ1v) is 11.6. The predicted molar refractivity (Wildman–Crippen MR) is 125 cm³/mol. The molecule has 6 N–H and O–H groups in total. The van der Waals surface area contributed by atoms with Gasteiger partial charge in [0.05, 0.1) is 12.1 Å². The van der Waals surface area contributed by atoms with Crippen molar-refractivity contribution in [3.63, 3.8) is 0 Å². The van der Waals surface area contributed by atoms with Gasteiger partial charge in [0.2, 0.25) is 17.7 Å². The number of carbonyl (C=O) groups is 4. The second-order valence-corrected chi connectivity index (χ2v) is 9.24. The number of aliphatic hydroxyl groups excluding tert-OH is 1. The summed E-state index contributed by atoms with van der Waals surface area (Å²) >= 11 is 0. The highest BCUT2D eigenvalue weighted by atomic mass is 16.4. The van der Waals surface area contributed by atoms with Crippen LogP contribution in [0.25, 0.3) is 0 Å². The smallest absolute Gasteiger partial charge is 0.328 e. The maximum absolute atomic E-state index is 13.5. The van der Waals surface area contributed by atoms with Crippen molar-refractivity contribution < 1.29 is 29.4 Å². The van der Waals surface area contributed by atoms with Gasteiger partial charge in [0.15, 0.2) is 6.04 Å². The van der Waals surface area contributed by atoms with Crippen molar-refractivity contribution in [3.05, 3.63) is 35.9 Å². The molecule has 5 atom stereocenters. The lowest BCUT2D eigenvalue weighted by Gasteiger charge is -2.30. The van der Waals surface area contributed by atoms with Gasteiger partial charge in [-0.1, -0.05) is 44.2 Å². The van der Waals surface area contributed by atoms with Crippen LogP contribution in [0.1, 0.15) is 45.6 Å². The summed E-state index contributed by atoms with van der Waals surface area (Å²) in [6.07, 6.45) is 0.274. The number of nitrogens with one attached hydrogen (secondary N) is 2. The van der Waals surface area contributed by atoms with Gasteiger partial charge in [-0.25, -0.2) is 4.79 Å². The molecule has 10 nitrogen and oxygen atoms in total. The normalized spacial score (nSPS) is 19.2. The fourth-order valence-electron chi connectivity index (χ4n) is 4.08. The Balaban J connectivity index is 2.21. The Morgan fingerprint density at radius 1 is 1.12 bits per heavy atom. The molecule has 1 aliphatic heterocycles. The maximum atomic E-state index is 13.5. The number of rotatable bonds is 11. The average Bonchev–Trinajstić information content (AvgIpc) is 3.26. The second-order valence-electron chi connectivity index (χ2n) is 9.24. The quantitative estimate of drug-likeness (QED) is 0.301. The van der Waals surface area contributed by atoms with Crippen molar-refractivity contribution in [2.24, 2.45) is 11.7 Å². The van der Waals surface area contributed by atoms with Crippen molar-refractivity contribution in [2.75, 3.05) is 6.54 Å². The van der Waals surface area contributed by atoms with Crippen molar-refractivity contribution in [1.29, 1.82) is 0 Å². The fraction of sp³-hybridized carbons (Fsp3) is 0.583. The van der Waals surface area contributed by atoms with E-state index in [1.807, 2.05) is 44.2 Å². The van der Waals surface area contributed by atoms with Gasteiger partial charge >= 0.3 is 5.97 Å². The van der Waals surface area contributed by atoms with E-state index in [9.17, 15) is 29.4 Å². The van der Waals surface area contributed by atoms with E-state index in [1.165, 1.54) is 11.8 Å². The molecule has 1 aromatic rings. The van der Waals surface area contributed by atoms with E-state index in [2.05, 4.69) is 10.6 Å². The summed E-state index contributed by atoms with van der Waals surface area (Å²) < 4.78 is 0. The number of likely N-dealkylation sites (tertiary alicyclic amines) is 1. The maximum Gasteiger partial charge on any atom is 0.328 e. The van der Waals surface area contributed by atoms with Crippen LogP contribution in [0.5, 0.6) is 0 Å². The first kappa shape index (κ1) is 27.3. The Hall–Kier alpha value is -2.98. The number of benzene rings is 1. The molecule has 1 aliphatic rings. The lowest BCUT2D eigenvalue weighted by atomic mass is 10.0. The number of hydrogen-bond acceptors (Lipinski definition) is 6. The number of nitrogens with zero attached hydrogens (tertiary/aromatic N) is 1. The van der Waals surface area contributed by atoms with Crippen LogP contribution in [0.15, 0.2) is 30.3 Å². The number of aliphatic carboxylic acids is 1. The topological polar surface area (TPSA) is 162 Å². The number of carboxylic acids is 1. The molecule has 0 aromatic heterocycles. The summed E-state index contributed by atoms with van der Waals surface area (Å²) in [4.78, 5) is 51.8. The van der Waals surface area contributed by atoms with Crippen molar-refractivity contribution in [2.45, 2.75) is 76.7 Å². The molecule has 0 radical (unpaired) electrons. The number of nitrogens with two attached hydrogens (primary N) is 1. The lowest BCUT2D eigenvalue weighted by molar-refractivity contribution is -0.147. The summed E-state index contributed by atoms with van der Waals surface area (Å²) in [5.74, 6) is -2.70. The molecular formula is C24H36N4O6. The number of amides is 3. The van der Waals surface area contributed by atoms with Gasteiger partial charge in [-0.15, -0.1) is 0 Å². The Bertz CT molecular complexity index is 860. The lowest BCUT2D eigenvalue weighted by Crippen LogP contribution is -2.58. The van der Waals surface area contributed by atoms with Gasteiger partial charge in [-0.05, 0) is 37.7 Å². The average molecular weight is 477 g/mol. The minimum atomic E-state index is -1.49. The number of hydrogen-bond donors (Lipinski definition) is 5. The monoisotopic (exact) mass is 476 g/mol. The molecule has 5 unspecified atom stereocenters. The molecule has 188 valence electrons. The highest BCUT2D eigenvalue weighted by Crippen LogP contribution is 2.20. The number of aliphatic hydroxyl groups is 1. The molecule has 0 bridgehead atoms. The molecule has 2 rings (SSSR count). The summed E-state index contributed by atoms with van der Waals surface area (Å²) in [6.45, 7) is 5.46.